The van der Waals surface area contributed by atoms with Gasteiger partial charge < -0.3 is 9.47 Å². The second-order valence-electron chi connectivity index (χ2n) is 6.57. The summed E-state index contributed by atoms with van der Waals surface area (Å²) in [6.07, 6.45) is 1.78. The zero-order valence-electron chi connectivity index (χ0n) is 15.1. The molecule has 0 radical (unpaired) electrons. The van der Waals surface area contributed by atoms with E-state index in [9.17, 15) is 14.0 Å². The Hall–Kier alpha value is -3.41. The van der Waals surface area contributed by atoms with E-state index in [-0.39, 0.29) is 24.9 Å². The minimum Gasteiger partial charge on any atom is -0.490 e. The molecule has 1 atom stereocenters. The highest BCUT2D eigenvalue weighted by Gasteiger charge is 2.42. The van der Waals surface area contributed by atoms with Crippen LogP contribution in [0.1, 0.15) is 17.9 Å². The molecule has 0 aliphatic carbocycles. The van der Waals surface area contributed by atoms with Crippen LogP contribution in [0.15, 0.2) is 72.5 Å². The van der Waals surface area contributed by atoms with Gasteiger partial charge in [0.25, 0.3) is 0 Å². The highest BCUT2D eigenvalue weighted by Crippen LogP contribution is 2.42. The second-order valence-corrected chi connectivity index (χ2v) is 6.57. The molecule has 142 valence electrons. The van der Waals surface area contributed by atoms with Crippen molar-refractivity contribution in [3.05, 3.63) is 83.8 Å². The van der Waals surface area contributed by atoms with Gasteiger partial charge >= 0.3 is 5.97 Å². The Morgan fingerprint density at radius 1 is 1.14 bits per heavy atom. The first-order valence-corrected chi connectivity index (χ1v) is 8.91. The molecule has 2 aromatic carbocycles. The zero-order valence-corrected chi connectivity index (χ0v) is 15.1. The lowest BCUT2D eigenvalue weighted by Gasteiger charge is -2.31. The standard InChI is InChI=1S/C22H18FNO4/c1-2-11-27-17-9-3-14(4-10-17)18-12-20(25)24(16-7-5-15(23)6-8-16)19-13-28-22(26)21(18)19/h2-10,18H,1,11-13H2/t18-/m0/s1. The number of ether oxygens (including phenoxy) is 2. The van der Waals surface area contributed by atoms with Crippen molar-refractivity contribution in [1.29, 1.82) is 0 Å². The van der Waals surface area contributed by atoms with E-state index in [1.807, 2.05) is 12.1 Å². The van der Waals surface area contributed by atoms with E-state index in [2.05, 4.69) is 6.58 Å². The molecule has 6 heteroatoms. The molecule has 0 unspecified atom stereocenters. The van der Waals surface area contributed by atoms with Gasteiger partial charge in [-0.2, -0.15) is 0 Å². The van der Waals surface area contributed by atoms with Gasteiger partial charge in [-0.05, 0) is 42.0 Å². The van der Waals surface area contributed by atoms with E-state index >= 15 is 0 Å². The molecule has 0 fully saturated rings. The van der Waals surface area contributed by atoms with E-state index in [4.69, 9.17) is 9.47 Å². The van der Waals surface area contributed by atoms with Gasteiger partial charge in [0.05, 0.1) is 11.3 Å². The molecule has 2 aromatic rings. The number of hydrogen-bond acceptors (Lipinski definition) is 4. The van der Waals surface area contributed by atoms with E-state index in [1.54, 1.807) is 18.2 Å². The Morgan fingerprint density at radius 2 is 1.86 bits per heavy atom. The molecule has 5 nitrogen and oxygen atoms in total. The van der Waals surface area contributed by atoms with Crippen molar-refractivity contribution in [1.82, 2.24) is 0 Å². The summed E-state index contributed by atoms with van der Waals surface area (Å²) in [6, 6.07) is 12.9. The number of anilines is 1. The maximum Gasteiger partial charge on any atom is 0.336 e. The first-order valence-electron chi connectivity index (χ1n) is 8.91. The van der Waals surface area contributed by atoms with Gasteiger partial charge in [0.2, 0.25) is 5.91 Å². The van der Waals surface area contributed by atoms with Crippen LogP contribution in [0.2, 0.25) is 0 Å². The van der Waals surface area contributed by atoms with Crippen LogP contribution >= 0.6 is 0 Å². The van der Waals surface area contributed by atoms with E-state index in [0.717, 1.165) is 5.56 Å². The van der Waals surface area contributed by atoms with Crippen LogP contribution in [0.3, 0.4) is 0 Å². The number of carbonyl (C=O) groups excluding carboxylic acids is 2. The summed E-state index contributed by atoms with van der Waals surface area (Å²) < 4.78 is 24.0. The smallest absolute Gasteiger partial charge is 0.336 e. The predicted molar refractivity (Wildman–Crippen MR) is 101 cm³/mol. The highest BCUT2D eigenvalue weighted by atomic mass is 19.1. The second kappa shape index (κ2) is 7.31. The third-order valence-electron chi connectivity index (χ3n) is 4.85. The van der Waals surface area contributed by atoms with Crippen molar-refractivity contribution in [3.8, 4) is 5.75 Å². The summed E-state index contributed by atoms with van der Waals surface area (Å²) in [5, 5.41) is 0. The first kappa shape index (κ1) is 18.0. The van der Waals surface area contributed by atoms with Gasteiger partial charge in [0, 0.05) is 18.0 Å². The third kappa shape index (κ3) is 3.17. The van der Waals surface area contributed by atoms with Gasteiger partial charge in [0.1, 0.15) is 24.8 Å². The molecule has 0 spiro atoms. The summed E-state index contributed by atoms with van der Waals surface area (Å²) >= 11 is 0. The quantitative estimate of drug-likeness (QED) is 0.587. The molecule has 0 saturated carbocycles. The lowest BCUT2D eigenvalue weighted by Crippen LogP contribution is -2.37. The van der Waals surface area contributed by atoms with Crippen molar-refractivity contribution in [2.45, 2.75) is 12.3 Å². The van der Waals surface area contributed by atoms with Crippen molar-refractivity contribution in [3.63, 3.8) is 0 Å². The van der Waals surface area contributed by atoms with Crippen molar-refractivity contribution in [2.75, 3.05) is 18.1 Å². The van der Waals surface area contributed by atoms with Crippen LogP contribution in [0.4, 0.5) is 10.1 Å². The fourth-order valence-electron chi connectivity index (χ4n) is 3.58. The SMILES string of the molecule is C=CCOc1ccc([C@@H]2CC(=O)N(c3ccc(F)cc3)C3=C2C(=O)OC3)cc1. The number of esters is 1. The topological polar surface area (TPSA) is 55.8 Å². The normalized spacial score (nSPS) is 18.8. The molecule has 1 amide bonds. The monoisotopic (exact) mass is 379 g/mol. The van der Waals surface area contributed by atoms with Crippen LogP contribution in [-0.4, -0.2) is 25.1 Å². The van der Waals surface area contributed by atoms with Gasteiger partial charge in [0.15, 0.2) is 0 Å². The van der Waals surface area contributed by atoms with Crippen LogP contribution in [0, 0.1) is 5.82 Å². The molecule has 0 aromatic heterocycles. The zero-order chi connectivity index (χ0) is 19.7. The number of hydrogen-bond donors (Lipinski definition) is 0. The molecule has 28 heavy (non-hydrogen) atoms. The number of nitrogens with zero attached hydrogens (tertiary/aromatic N) is 1. The molecule has 2 aliphatic rings. The maximum atomic E-state index is 13.3. The van der Waals surface area contributed by atoms with Crippen molar-refractivity contribution < 1.29 is 23.5 Å². The Kier molecular flexibility index (Phi) is 4.69. The summed E-state index contributed by atoms with van der Waals surface area (Å²) in [5.74, 6) is -0.686. The fourth-order valence-corrected chi connectivity index (χ4v) is 3.58. The lowest BCUT2D eigenvalue weighted by atomic mass is 9.84. The average molecular weight is 379 g/mol. The van der Waals surface area contributed by atoms with Crippen LogP contribution < -0.4 is 9.64 Å². The van der Waals surface area contributed by atoms with Gasteiger partial charge in [-0.25, -0.2) is 9.18 Å². The van der Waals surface area contributed by atoms with Crippen LogP contribution in [0.5, 0.6) is 5.75 Å². The molecule has 0 saturated heterocycles. The Balaban J connectivity index is 1.70. The maximum absolute atomic E-state index is 13.3. The molecule has 4 rings (SSSR count). The van der Waals surface area contributed by atoms with Crippen LogP contribution in [0.25, 0.3) is 0 Å². The van der Waals surface area contributed by atoms with Gasteiger partial charge in [-0.15, -0.1) is 0 Å². The number of amides is 1. The molecule has 0 bridgehead atoms. The molecule has 0 N–H and O–H groups in total. The minimum atomic E-state index is -0.424. The van der Waals surface area contributed by atoms with E-state index < -0.39 is 11.8 Å². The van der Waals surface area contributed by atoms with Gasteiger partial charge in [-0.3, -0.25) is 9.69 Å². The summed E-state index contributed by atoms with van der Waals surface area (Å²) in [6.45, 7) is 4.03. The third-order valence-corrected chi connectivity index (χ3v) is 4.85. The largest absolute Gasteiger partial charge is 0.490 e. The molecular formula is C22H18FNO4. The Morgan fingerprint density at radius 3 is 2.54 bits per heavy atom. The minimum absolute atomic E-state index is 0.0221. The fraction of sp³-hybridized carbons (Fsp3) is 0.182. The summed E-state index contributed by atoms with van der Waals surface area (Å²) in [7, 11) is 0. The summed E-state index contributed by atoms with van der Waals surface area (Å²) in [5.41, 5.74) is 2.35. The number of rotatable bonds is 5. The molecule has 2 aliphatic heterocycles. The first-order chi connectivity index (χ1) is 13.6. The van der Waals surface area contributed by atoms with Gasteiger partial charge in [-0.1, -0.05) is 24.8 Å². The van der Waals surface area contributed by atoms with Crippen LogP contribution in [-0.2, 0) is 14.3 Å². The average Bonchev–Trinajstić information content (AvgIpc) is 3.09. The number of cyclic esters (lactones) is 1. The number of benzene rings is 2. The predicted octanol–water partition coefficient (Wildman–Crippen LogP) is 3.72. The van der Waals surface area contributed by atoms with Crippen molar-refractivity contribution in [2.24, 2.45) is 0 Å². The lowest BCUT2D eigenvalue weighted by molar-refractivity contribution is -0.136. The molecular weight excluding hydrogens is 361 g/mol. The van der Waals surface area contributed by atoms with E-state index in [1.165, 1.54) is 29.2 Å². The Labute approximate surface area is 161 Å². The number of halogens is 1. The molecule has 2 heterocycles. The van der Waals surface area contributed by atoms with E-state index in [0.29, 0.717) is 29.3 Å². The highest BCUT2D eigenvalue weighted by molar-refractivity contribution is 6.06. The van der Waals surface area contributed by atoms with Crippen molar-refractivity contribution >= 4 is 17.6 Å². The number of carbonyl (C=O) groups is 2. The Bertz CT molecular complexity index is 963. The summed E-state index contributed by atoms with van der Waals surface area (Å²) in [4.78, 5) is 26.8.